The Morgan fingerprint density at radius 1 is 1.14 bits per heavy atom. The normalized spacial score (nSPS) is 20.0. The fourth-order valence-corrected chi connectivity index (χ4v) is 2.71. The number of aromatic nitrogens is 1. The molecule has 1 aromatic heterocycles. The Bertz CT molecular complexity index is 557. The van der Waals surface area contributed by atoms with E-state index in [-0.39, 0.29) is 11.8 Å². The third-order valence-electron chi connectivity index (χ3n) is 4.08. The van der Waals surface area contributed by atoms with Crippen LogP contribution in [0.1, 0.15) is 25.0 Å². The van der Waals surface area contributed by atoms with Crippen molar-refractivity contribution in [3.05, 3.63) is 23.9 Å². The van der Waals surface area contributed by atoms with Crippen LogP contribution in [0.2, 0.25) is 0 Å². The number of hydrogen-bond donors (Lipinski definition) is 0. The summed E-state index contributed by atoms with van der Waals surface area (Å²) < 4.78 is 38.2. The van der Waals surface area contributed by atoms with Crippen LogP contribution in [0.25, 0.3) is 0 Å². The molecule has 2 fully saturated rings. The maximum Gasteiger partial charge on any atom is 0.433 e. The average molecular weight is 313 g/mol. The van der Waals surface area contributed by atoms with Crippen LogP contribution in [0.3, 0.4) is 0 Å². The first-order chi connectivity index (χ1) is 10.4. The molecule has 1 aromatic rings. The number of amides is 1. The number of alkyl halides is 3. The van der Waals surface area contributed by atoms with Gasteiger partial charge in [0.1, 0.15) is 11.5 Å². The highest BCUT2D eigenvalue weighted by atomic mass is 19.4. The third-order valence-corrected chi connectivity index (χ3v) is 4.08. The van der Waals surface area contributed by atoms with Gasteiger partial charge >= 0.3 is 6.18 Å². The summed E-state index contributed by atoms with van der Waals surface area (Å²) in [5.74, 6) is 0.702. The van der Waals surface area contributed by atoms with Gasteiger partial charge < -0.3 is 9.80 Å². The molecular formula is C15H18F3N3O. The summed E-state index contributed by atoms with van der Waals surface area (Å²) in [4.78, 5) is 19.5. The number of carbonyl (C=O) groups excluding carboxylic acids is 1. The highest BCUT2D eigenvalue weighted by Crippen LogP contribution is 2.32. The van der Waals surface area contributed by atoms with E-state index < -0.39 is 11.9 Å². The van der Waals surface area contributed by atoms with Crippen molar-refractivity contribution in [3.63, 3.8) is 0 Å². The SMILES string of the molecule is O=C(C1CC1)N1CCCN(c2cccc(C(F)(F)F)n2)CC1. The molecule has 120 valence electrons. The van der Waals surface area contributed by atoms with Gasteiger partial charge in [0.05, 0.1) is 0 Å². The number of rotatable bonds is 2. The van der Waals surface area contributed by atoms with E-state index in [1.165, 1.54) is 6.07 Å². The second-order valence-corrected chi connectivity index (χ2v) is 5.82. The van der Waals surface area contributed by atoms with E-state index >= 15 is 0 Å². The summed E-state index contributed by atoms with van der Waals surface area (Å²) in [7, 11) is 0. The molecule has 1 aliphatic heterocycles. The number of carbonyl (C=O) groups is 1. The topological polar surface area (TPSA) is 36.4 Å². The summed E-state index contributed by atoms with van der Waals surface area (Å²) in [5, 5.41) is 0. The fraction of sp³-hybridized carbons (Fsp3) is 0.600. The fourth-order valence-electron chi connectivity index (χ4n) is 2.71. The molecule has 1 aliphatic carbocycles. The minimum Gasteiger partial charge on any atom is -0.355 e. The molecule has 0 atom stereocenters. The molecule has 0 unspecified atom stereocenters. The van der Waals surface area contributed by atoms with E-state index in [0.29, 0.717) is 32.0 Å². The van der Waals surface area contributed by atoms with Gasteiger partial charge in [0.15, 0.2) is 0 Å². The van der Waals surface area contributed by atoms with Crippen LogP contribution in [0.15, 0.2) is 18.2 Å². The van der Waals surface area contributed by atoms with E-state index in [4.69, 9.17) is 0 Å². The third kappa shape index (κ3) is 3.34. The summed E-state index contributed by atoms with van der Waals surface area (Å²) in [5.41, 5.74) is -0.875. The van der Waals surface area contributed by atoms with Crippen LogP contribution >= 0.6 is 0 Å². The number of hydrogen-bond acceptors (Lipinski definition) is 3. The summed E-state index contributed by atoms with van der Waals surface area (Å²) in [6, 6.07) is 3.95. The lowest BCUT2D eigenvalue weighted by molar-refractivity contribution is -0.141. The molecule has 2 aliphatic rings. The van der Waals surface area contributed by atoms with Gasteiger partial charge in [-0.15, -0.1) is 0 Å². The lowest BCUT2D eigenvalue weighted by Crippen LogP contribution is -2.36. The Labute approximate surface area is 126 Å². The lowest BCUT2D eigenvalue weighted by Gasteiger charge is -2.23. The monoisotopic (exact) mass is 313 g/mol. The second kappa shape index (κ2) is 5.78. The van der Waals surface area contributed by atoms with Crippen LogP contribution in [0.5, 0.6) is 0 Å². The zero-order valence-corrected chi connectivity index (χ0v) is 12.1. The number of pyridine rings is 1. The Balaban J connectivity index is 1.69. The smallest absolute Gasteiger partial charge is 0.355 e. The molecular weight excluding hydrogens is 295 g/mol. The maximum absolute atomic E-state index is 12.7. The van der Waals surface area contributed by atoms with Crippen molar-refractivity contribution in [3.8, 4) is 0 Å². The molecule has 0 aromatic carbocycles. The zero-order valence-electron chi connectivity index (χ0n) is 12.1. The molecule has 0 N–H and O–H groups in total. The van der Waals surface area contributed by atoms with Gasteiger partial charge in [0.25, 0.3) is 0 Å². The van der Waals surface area contributed by atoms with E-state index in [2.05, 4.69) is 4.98 Å². The van der Waals surface area contributed by atoms with Crippen molar-refractivity contribution in [1.29, 1.82) is 0 Å². The highest BCUT2D eigenvalue weighted by Gasteiger charge is 2.35. The quantitative estimate of drug-likeness (QED) is 0.842. The van der Waals surface area contributed by atoms with Crippen molar-refractivity contribution in [2.45, 2.75) is 25.4 Å². The van der Waals surface area contributed by atoms with Crippen molar-refractivity contribution in [1.82, 2.24) is 9.88 Å². The van der Waals surface area contributed by atoms with Crippen molar-refractivity contribution in [2.24, 2.45) is 5.92 Å². The van der Waals surface area contributed by atoms with Gasteiger partial charge in [0, 0.05) is 32.1 Å². The summed E-state index contributed by atoms with van der Waals surface area (Å²) >= 11 is 0. The predicted molar refractivity (Wildman–Crippen MR) is 75.4 cm³/mol. The molecule has 1 saturated carbocycles. The Morgan fingerprint density at radius 2 is 1.91 bits per heavy atom. The molecule has 22 heavy (non-hydrogen) atoms. The van der Waals surface area contributed by atoms with E-state index in [1.807, 2.05) is 9.80 Å². The number of halogens is 3. The van der Waals surface area contributed by atoms with E-state index in [0.717, 1.165) is 25.3 Å². The van der Waals surface area contributed by atoms with E-state index in [1.54, 1.807) is 6.07 Å². The highest BCUT2D eigenvalue weighted by molar-refractivity contribution is 5.81. The Morgan fingerprint density at radius 3 is 2.59 bits per heavy atom. The number of nitrogens with zero attached hydrogens (tertiary/aromatic N) is 3. The van der Waals surface area contributed by atoms with Gasteiger partial charge in [0.2, 0.25) is 5.91 Å². The number of anilines is 1. The molecule has 0 bridgehead atoms. The standard InChI is InChI=1S/C15H18F3N3O/c16-15(17,18)12-3-1-4-13(19-12)20-7-2-8-21(10-9-20)14(22)11-5-6-11/h1,3-4,11H,2,5-10H2. The van der Waals surface area contributed by atoms with Gasteiger partial charge in [-0.3, -0.25) is 4.79 Å². The first-order valence-corrected chi connectivity index (χ1v) is 7.53. The maximum atomic E-state index is 12.7. The minimum absolute atomic E-state index is 0.179. The molecule has 1 amide bonds. The first-order valence-electron chi connectivity index (χ1n) is 7.53. The van der Waals surface area contributed by atoms with Crippen LogP contribution in [-0.2, 0) is 11.0 Å². The summed E-state index contributed by atoms with van der Waals surface area (Å²) in [6.07, 6.45) is -1.76. The van der Waals surface area contributed by atoms with Gasteiger partial charge in [-0.25, -0.2) is 4.98 Å². The van der Waals surface area contributed by atoms with Gasteiger partial charge in [-0.1, -0.05) is 6.07 Å². The molecule has 1 saturated heterocycles. The molecule has 3 rings (SSSR count). The van der Waals surface area contributed by atoms with E-state index in [9.17, 15) is 18.0 Å². The molecule has 0 radical (unpaired) electrons. The predicted octanol–water partition coefficient (Wildman–Crippen LogP) is 2.55. The Hall–Kier alpha value is -1.79. The van der Waals surface area contributed by atoms with Crippen molar-refractivity contribution >= 4 is 11.7 Å². The molecule has 2 heterocycles. The van der Waals surface area contributed by atoms with Crippen LogP contribution in [0.4, 0.5) is 19.0 Å². The molecule has 4 nitrogen and oxygen atoms in total. The van der Waals surface area contributed by atoms with Crippen LogP contribution in [-0.4, -0.2) is 42.0 Å². The first kappa shape index (κ1) is 15.1. The minimum atomic E-state index is -4.43. The average Bonchev–Trinajstić information content (AvgIpc) is 3.32. The second-order valence-electron chi connectivity index (χ2n) is 5.82. The largest absolute Gasteiger partial charge is 0.433 e. The Kier molecular flexibility index (Phi) is 3.97. The van der Waals surface area contributed by atoms with Crippen LogP contribution in [0, 0.1) is 5.92 Å². The van der Waals surface area contributed by atoms with Crippen molar-refractivity contribution < 1.29 is 18.0 Å². The zero-order chi connectivity index (χ0) is 15.7. The van der Waals surface area contributed by atoms with Crippen molar-refractivity contribution in [2.75, 3.05) is 31.1 Å². The summed E-state index contributed by atoms with van der Waals surface area (Å²) in [6.45, 7) is 2.35. The molecule has 0 spiro atoms. The van der Waals surface area contributed by atoms with Crippen LogP contribution < -0.4 is 4.90 Å². The molecule has 7 heteroatoms. The van der Waals surface area contributed by atoms with Gasteiger partial charge in [-0.2, -0.15) is 13.2 Å². The van der Waals surface area contributed by atoms with Gasteiger partial charge in [-0.05, 0) is 31.4 Å². The lowest BCUT2D eigenvalue weighted by atomic mass is 10.3.